The van der Waals surface area contributed by atoms with Gasteiger partial charge in [-0.2, -0.15) is 0 Å². The van der Waals surface area contributed by atoms with Crippen LogP contribution in [0.3, 0.4) is 0 Å². The summed E-state index contributed by atoms with van der Waals surface area (Å²) in [6, 6.07) is 0. The van der Waals surface area contributed by atoms with E-state index in [0.29, 0.717) is 0 Å². The smallest absolute Gasteiger partial charge is 0.339 e. The van der Waals surface area contributed by atoms with Crippen LogP contribution >= 0.6 is 0 Å². The van der Waals surface area contributed by atoms with E-state index in [2.05, 4.69) is 0 Å². The Morgan fingerprint density at radius 3 is 1.62 bits per heavy atom. The molecule has 0 bridgehead atoms. The van der Waals surface area contributed by atoms with Crippen LogP contribution in [-0.2, 0) is 38.1 Å². The molecule has 0 aromatic carbocycles. The van der Waals surface area contributed by atoms with E-state index in [1.165, 1.54) is 0 Å². The molecule has 0 heterocycles. The van der Waals surface area contributed by atoms with Gasteiger partial charge in [-0.25, -0.2) is 19.2 Å². The fourth-order valence-corrected chi connectivity index (χ4v) is 1.67. The quantitative estimate of drug-likeness (QED) is 0.262. The molecule has 0 aromatic heterocycles. The molecule has 0 saturated carbocycles. The molecule has 26 heavy (non-hydrogen) atoms. The lowest BCUT2D eigenvalue weighted by Crippen LogP contribution is -2.22. The predicted molar refractivity (Wildman–Crippen MR) is 91.9 cm³/mol. The first-order valence-corrected chi connectivity index (χ1v) is 8.31. The highest BCUT2D eigenvalue weighted by molar-refractivity contribution is 6.12. The predicted octanol–water partition coefficient (Wildman–Crippen LogP) is 1.87. The van der Waals surface area contributed by atoms with Crippen LogP contribution < -0.4 is 0 Å². The second kappa shape index (κ2) is 11.8. The summed E-state index contributed by atoms with van der Waals surface area (Å²) in [5.41, 5.74) is -0.896. The lowest BCUT2D eigenvalue weighted by molar-refractivity contribution is -0.146. The highest BCUT2D eigenvalue weighted by Gasteiger charge is 2.27. The molecule has 0 aromatic rings. The zero-order valence-electron chi connectivity index (χ0n) is 16.0. The van der Waals surface area contributed by atoms with E-state index < -0.39 is 47.2 Å². The van der Waals surface area contributed by atoms with Crippen molar-refractivity contribution in [3.63, 3.8) is 0 Å². The van der Waals surface area contributed by atoms with Gasteiger partial charge in [0.25, 0.3) is 0 Å². The van der Waals surface area contributed by atoms with Gasteiger partial charge in [0.15, 0.2) is 0 Å². The lowest BCUT2D eigenvalue weighted by atomic mass is 10.1. The van der Waals surface area contributed by atoms with Crippen molar-refractivity contribution < 1.29 is 38.1 Å². The van der Waals surface area contributed by atoms with Crippen molar-refractivity contribution in [3.8, 4) is 0 Å². The molecular weight excluding hydrogens is 344 g/mol. The molecule has 0 aliphatic rings. The van der Waals surface area contributed by atoms with Gasteiger partial charge in [-0.15, -0.1) is 0 Å². The van der Waals surface area contributed by atoms with Crippen molar-refractivity contribution in [1.82, 2.24) is 0 Å². The van der Waals surface area contributed by atoms with Gasteiger partial charge in [-0.3, -0.25) is 0 Å². The molecular formula is C18H26O8. The first-order chi connectivity index (χ1) is 12.1. The van der Waals surface area contributed by atoms with Crippen LogP contribution in [0.15, 0.2) is 23.3 Å². The summed E-state index contributed by atoms with van der Waals surface area (Å²) in [5, 5.41) is 0. The van der Waals surface area contributed by atoms with Gasteiger partial charge in [-0.1, -0.05) is 0 Å². The summed E-state index contributed by atoms with van der Waals surface area (Å²) < 4.78 is 19.6. The molecule has 0 fully saturated rings. The maximum Gasteiger partial charge on any atom is 0.339 e. The molecule has 0 rings (SSSR count). The van der Waals surface area contributed by atoms with Crippen molar-refractivity contribution in [2.24, 2.45) is 0 Å². The highest BCUT2D eigenvalue weighted by Crippen LogP contribution is 2.17. The van der Waals surface area contributed by atoms with E-state index in [1.807, 2.05) is 0 Å². The van der Waals surface area contributed by atoms with E-state index in [4.69, 9.17) is 18.9 Å². The van der Waals surface area contributed by atoms with Gasteiger partial charge in [0.1, 0.15) is 0 Å². The van der Waals surface area contributed by atoms with Gasteiger partial charge < -0.3 is 18.9 Å². The third-order valence-electron chi connectivity index (χ3n) is 2.51. The number of rotatable bonds is 9. The van der Waals surface area contributed by atoms with E-state index in [1.54, 1.807) is 41.5 Å². The molecule has 0 unspecified atom stereocenters. The maximum absolute atomic E-state index is 12.4. The van der Waals surface area contributed by atoms with Crippen LogP contribution in [0.4, 0.5) is 0 Å². The van der Waals surface area contributed by atoms with Crippen molar-refractivity contribution in [1.29, 1.82) is 0 Å². The van der Waals surface area contributed by atoms with Gasteiger partial charge in [0, 0.05) is 12.2 Å². The fraction of sp³-hybridized carbons (Fsp3) is 0.556. The molecule has 0 radical (unpaired) electrons. The summed E-state index contributed by atoms with van der Waals surface area (Å²) in [6.45, 7) is 9.65. The summed E-state index contributed by atoms with van der Waals surface area (Å²) >= 11 is 0. The minimum atomic E-state index is -0.968. The molecule has 0 amide bonds. The SMILES string of the molecule is CCOC(=O)/C=C(C(=O)OCC)/C(=C/C(=O)OC(C)C)C(=O)OC(C)C. The molecule has 0 saturated heterocycles. The number of carbonyl (C=O) groups is 4. The van der Waals surface area contributed by atoms with Crippen LogP contribution in [-0.4, -0.2) is 49.3 Å². The Bertz CT molecular complexity index is 584. The molecule has 0 aliphatic heterocycles. The first kappa shape index (κ1) is 23.4. The molecule has 8 nitrogen and oxygen atoms in total. The average molecular weight is 370 g/mol. The largest absolute Gasteiger partial charge is 0.463 e. The first-order valence-electron chi connectivity index (χ1n) is 8.31. The number of hydrogen-bond acceptors (Lipinski definition) is 8. The van der Waals surface area contributed by atoms with Crippen LogP contribution in [0.5, 0.6) is 0 Å². The second-order valence-corrected chi connectivity index (χ2v) is 5.53. The Morgan fingerprint density at radius 2 is 1.15 bits per heavy atom. The average Bonchev–Trinajstić information content (AvgIpc) is 2.49. The zero-order chi connectivity index (χ0) is 20.3. The van der Waals surface area contributed by atoms with Crippen LogP contribution in [0, 0.1) is 0 Å². The van der Waals surface area contributed by atoms with Crippen molar-refractivity contribution in [3.05, 3.63) is 23.3 Å². The van der Waals surface area contributed by atoms with Crippen LogP contribution in [0.25, 0.3) is 0 Å². The summed E-state index contributed by atoms with van der Waals surface area (Å²) in [6.07, 6.45) is 0.629. The summed E-state index contributed by atoms with van der Waals surface area (Å²) in [5.74, 6) is -3.67. The number of esters is 4. The van der Waals surface area contributed by atoms with Crippen LogP contribution in [0.2, 0.25) is 0 Å². The van der Waals surface area contributed by atoms with Gasteiger partial charge in [0.05, 0.1) is 36.6 Å². The number of ether oxygens (including phenoxy) is 4. The third-order valence-corrected chi connectivity index (χ3v) is 2.51. The van der Waals surface area contributed by atoms with E-state index in [9.17, 15) is 19.2 Å². The second-order valence-electron chi connectivity index (χ2n) is 5.53. The Kier molecular flexibility index (Phi) is 10.6. The lowest BCUT2D eigenvalue weighted by Gasteiger charge is -2.14. The van der Waals surface area contributed by atoms with Crippen molar-refractivity contribution in [2.75, 3.05) is 13.2 Å². The summed E-state index contributed by atoms with van der Waals surface area (Å²) in [4.78, 5) is 48.3. The van der Waals surface area contributed by atoms with Gasteiger partial charge >= 0.3 is 23.9 Å². The normalized spacial score (nSPS) is 12.0. The fourth-order valence-electron chi connectivity index (χ4n) is 1.67. The van der Waals surface area contributed by atoms with E-state index in [-0.39, 0.29) is 13.2 Å². The molecule has 0 atom stereocenters. The Labute approximate surface area is 153 Å². The Balaban J connectivity index is 6.10. The highest BCUT2D eigenvalue weighted by atomic mass is 16.6. The molecule has 0 N–H and O–H groups in total. The molecule has 8 heteroatoms. The molecule has 0 spiro atoms. The van der Waals surface area contributed by atoms with Gasteiger partial charge in [-0.05, 0) is 41.5 Å². The molecule has 146 valence electrons. The minimum Gasteiger partial charge on any atom is -0.463 e. The number of hydrogen-bond donors (Lipinski definition) is 0. The maximum atomic E-state index is 12.4. The topological polar surface area (TPSA) is 105 Å². The van der Waals surface area contributed by atoms with Gasteiger partial charge in [0.2, 0.25) is 0 Å². The Morgan fingerprint density at radius 1 is 0.692 bits per heavy atom. The molecule has 0 aliphatic carbocycles. The van der Waals surface area contributed by atoms with Crippen molar-refractivity contribution >= 4 is 23.9 Å². The van der Waals surface area contributed by atoms with Crippen molar-refractivity contribution in [2.45, 2.75) is 53.8 Å². The number of carbonyl (C=O) groups excluding carboxylic acids is 4. The monoisotopic (exact) mass is 370 g/mol. The standard InChI is InChI=1S/C18H26O8/c1-7-23-15(19)9-13(17(21)24-8-2)14(18(22)26-12(5)6)10-16(20)25-11(3)4/h9-12H,7-8H2,1-6H3/b13-9-,14-10-. The summed E-state index contributed by atoms with van der Waals surface area (Å²) in [7, 11) is 0. The Hall–Kier alpha value is -2.64. The van der Waals surface area contributed by atoms with E-state index >= 15 is 0 Å². The third kappa shape index (κ3) is 9.00. The van der Waals surface area contributed by atoms with Crippen LogP contribution in [0.1, 0.15) is 41.5 Å². The zero-order valence-corrected chi connectivity index (χ0v) is 16.0. The minimum absolute atomic E-state index is 0.00193. The van der Waals surface area contributed by atoms with E-state index in [0.717, 1.165) is 12.2 Å².